The predicted octanol–water partition coefficient (Wildman–Crippen LogP) is 4.06. The first-order valence-electron chi connectivity index (χ1n) is 6.52. The lowest BCUT2D eigenvalue weighted by atomic mass is 9.91. The summed E-state index contributed by atoms with van der Waals surface area (Å²) in [6.07, 6.45) is 5.56. The highest BCUT2D eigenvalue weighted by molar-refractivity contribution is 5.91. The topological polar surface area (TPSA) is 17.1 Å². The van der Waals surface area contributed by atoms with Crippen molar-refractivity contribution in [3.8, 4) is 0 Å². The molecule has 0 spiro atoms. The fourth-order valence-electron chi connectivity index (χ4n) is 2.69. The van der Waals surface area contributed by atoms with Crippen molar-refractivity contribution in [2.45, 2.75) is 25.7 Å². The number of carbonyl (C=O) groups is 1. The van der Waals surface area contributed by atoms with E-state index < -0.39 is 0 Å². The van der Waals surface area contributed by atoms with Crippen molar-refractivity contribution in [2.24, 2.45) is 0 Å². The van der Waals surface area contributed by atoms with Crippen molar-refractivity contribution in [2.75, 3.05) is 0 Å². The van der Waals surface area contributed by atoms with E-state index in [-0.39, 0.29) is 5.78 Å². The van der Waals surface area contributed by atoms with Crippen LogP contribution in [0.25, 0.3) is 10.8 Å². The Morgan fingerprint density at radius 3 is 2.67 bits per heavy atom. The van der Waals surface area contributed by atoms with E-state index in [9.17, 15) is 4.79 Å². The highest BCUT2D eigenvalue weighted by Gasteiger charge is 2.11. The molecule has 1 heteroatoms. The number of hydrogen-bond donors (Lipinski definition) is 0. The van der Waals surface area contributed by atoms with E-state index in [2.05, 4.69) is 42.5 Å². The molecule has 0 radical (unpaired) electrons. The SMILES string of the molecule is O=C1C=C(Cc2cccc3ccccc23)CCC1. The molecule has 0 bridgehead atoms. The first kappa shape index (κ1) is 11.2. The molecule has 0 aliphatic heterocycles. The molecule has 1 aliphatic rings. The molecule has 0 saturated carbocycles. The van der Waals surface area contributed by atoms with Crippen LogP contribution in [0.3, 0.4) is 0 Å². The highest BCUT2D eigenvalue weighted by atomic mass is 16.1. The second-order valence-corrected chi connectivity index (χ2v) is 4.94. The Kier molecular flexibility index (Phi) is 2.97. The van der Waals surface area contributed by atoms with Gasteiger partial charge < -0.3 is 0 Å². The largest absolute Gasteiger partial charge is 0.295 e. The Morgan fingerprint density at radius 2 is 1.78 bits per heavy atom. The van der Waals surface area contributed by atoms with Crippen LogP contribution in [-0.2, 0) is 11.2 Å². The lowest BCUT2D eigenvalue weighted by molar-refractivity contribution is -0.115. The van der Waals surface area contributed by atoms with E-state index in [1.165, 1.54) is 21.9 Å². The van der Waals surface area contributed by atoms with Gasteiger partial charge in [0, 0.05) is 6.42 Å². The van der Waals surface area contributed by atoms with Gasteiger partial charge in [-0.3, -0.25) is 4.79 Å². The number of hydrogen-bond acceptors (Lipinski definition) is 1. The molecule has 0 fully saturated rings. The average Bonchev–Trinajstić information content (AvgIpc) is 2.39. The second kappa shape index (κ2) is 4.77. The molecule has 0 N–H and O–H groups in total. The number of fused-ring (bicyclic) bond motifs is 1. The normalized spacial score (nSPS) is 15.8. The molecule has 0 atom stereocenters. The van der Waals surface area contributed by atoms with Crippen LogP contribution in [0.15, 0.2) is 54.1 Å². The van der Waals surface area contributed by atoms with Gasteiger partial charge in [-0.05, 0) is 41.7 Å². The van der Waals surface area contributed by atoms with Gasteiger partial charge in [-0.1, -0.05) is 48.0 Å². The van der Waals surface area contributed by atoms with Gasteiger partial charge >= 0.3 is 0 Å². The molecular formula is C17H16O. The zero-order chi connectivity index (χ0) is 12.4. The van der Waals surface area contributed by atoms with Gasteiger partial charge in [-0.15, -0.1) is 0 Å². The first-order chi connectivity index (χ1) is 8.83. The number of carbonyl (C=O) groups excluding carboxylic acids is 1. The summed E-state index contributed by atoms with van der Waals surface area (Å²) in [5.41, 5.74) is 2.61. The molecule has 1 aliphatic carbocycles. The lowest BCUT2D eigenvalue weighted by Crippen LogP contribution is -2.04. The number of rotatable bonds is 2. The molecule has 0 amide bonds. The maximum Gasteiger partial charge on any atom is 0.155 e. The Hall–Kier alpha value is -1.89. The molecule has 0 unspecified atom stereocenters. The van der Waals surface area contributed by atoms with Crippen molar-refractivity contribution >= 4 is 16.6 Å². The predicted molar refractivity (Wildman–Crippen MR) is 74.6 cm³/mol. The van der Waals surface area contributed by atoms with E-state index in [4.69, 9.17) is 0 Å². The van der Waals surface area contributed by atoms with Crippen LogP contribution in [0.2, 0.25) is 0 Å². The minimum absolute atomic E-state index is 0.288. The summed E-state index contributed by atoms with van der Waals surface area (Å²) >= 11 is 0. The molecule has 3 rings (SSSR count). The van der Waals surface area contributed by atoms with Gasteiger partial charge in [-0.2, -0.15) is 0 Å². The molecule has 18 heavy (non-hydrogen) atoms. The van der Waals surface area contributed by atoms with Crippen LogP contribution in [0, 0.1) is 0 Å². The Morgan fingerprint density at radius 1 is 0.944 bits per heavy atom. The van der Waals surface area contributed by atoms with Crippen LogP contribution in [-0.4, -0.2) is 5.78 Å². The summed E-state index contributed by atoms with van der Waals surface area (Å²) in [6.45, 7) is 0. The third-order valence-electron chi connectivity index (χ3n) is 3.58. The molecule has 2 aromatic rings. The maximum absolute atomic E-state index is 11.5. The van der Waals surface area contributed by atoms with Crippen molar-refractivity contribution in [3.05, 3.63) is 59.7 Å². The lowest BCUT2D eigenvalue weighted by Gasteiger charge is -2.13. The van der Waals surface area contributed by atoms with Gasteiger partial charge in [-0.25, -0.2) is 0 Å². The molecule has 0 aromatic heterocycles. The summed E-state index contributed by atoms with van der Waals surface area (Å²) in [7, 11) is 0. The van der Waals surface area contributed by atoms with Gasteiger partial charge in [0.15, 0.2) is 5.78 Å². The van der Waals surface area contributed by atoms with E-state index >= 15 is 0 Å². The van der Waals surface area contributed by atoms with Crippen molar-refractivity contribution in [1.82, 2.24) is 0 Å². The number of allylic oxidation sites excluding steroid dienone is 2. The van der Waals surface area contributed by atoms with Crippen molar-refractivity contribution in [3.63, 3.8) is 0 Å². The van der Waals surface area contributed by atoms with Gasteiger partial charge in [0.2, 0.25) is 0 Å². The van der Waals surface area contributed by atoms with E-state index in [0.29, 0.717) is 0 Å². The van der Waals surface area contributed by atoms with Gasteiger partial charge in [0.1, 0.15) is 0 Å². The number of benzene rings is 2. The molecular weight excluding hydrogens is 220 g/mol. The summed E-state index contributed by atoms with van der Waals surface area (Å²) < 4.78 is 0. The smallest absolute Gasteiger partial charge is 0.155 e. The maximum atomic E-state index is 11.5. The van der Waals surface area contributed by atoms with E-state index in [1.54, 1.807) is 0 Å². The molecule has 2 aromatic carbocycles. The van der Waals surface area contributed by atoms with E-state index in [0.717, 1.165) is 25.7 Å². The summed E-state index contributed by atoms with van der Waals surface area (Å²) in [6, 6.07) is 14.8. The Bertz CT molecular complexity index is 617. The Labute approximate surface area is 107 Å². The average molecular weight is 236 g/mol. The minimum atomic E-state index is 0.288. The van der Waals surface area contributed by atoms with E-state index in [1.807, 2.05) is 6.08 Å². The van der Waals surface area contributed by atoms with Gasteiger partial charge in [0.25, 0.3) is 0 Å². The highest BCUT2D eigenvalue weighted by Crippen LogP contribution is 2.24. The molecule has 0 heterocycles. The Balaban J connectivity index is 1.97. The minimum Gasteiger partial charge on any atom is -0.295 e. The van der Waals surface area contributed by atoms with Gasteiger partial charge in [0.05, 0.1) is 0 Å². The van der Waals surface area contributed by atoms with Crippen LogP contribution >= 0.6 is 0 Å². The third-order valence-corrected chi connectivity index (χ3v) is 3.58. The second-order valence-electron chi connectivity index (χ2n) is 4.94. The quantitative estimate of drug-likeness (QED) is 0.768. The van der Waals surface area contributed by atoms with Crippen LogP contribution < -0.4 is 0 Å². The monoisotopic (exact) mass is 236 g/mol. The fraction of sp³-hybridized carbons (Fsp3) is 0.235. The zero-order valence-corrected chi connectivity index (χ0v) is 10.4. The number of ketones is 1. The van der Waals surface area contributed by atoms with Crippen LogP contribution in [0.4, 0.5) is 0 Å². The molecule has 90 valence electrons. The summed E-state index contributed by atoms with van der Waals surface area (Å²) in [5.74, 6) is 0.288. The standard InChI is InChI=1S/C17H16O/c18-16-9-3-5-13(12-16)11-15-8-4-7-14-6-1-2-10-17(14)15/h1-2,4,6-8,10,12H,3,5,9,11H2. The summed E-state index contributed by atoms with van der Waals surface area (Å²) in [4.78, 5) is 11.5. The van der Waals surface area contributed by atoms with Crippen molar-refractivity contribution in [1.29, 1.82) is 0 Å². The van der Waals surface area contributed by atoms with Crippen molar-refractivity contribution < 1.29 is 4.79 Å². The zero-order valence-electron chi connectivity index (χ0n) is 10.4. The van der Waals surface area contributed by atoms with Crippen LogP contribution in [0.1, 0.15) is 24.8 Å². The fourth-order valence-corrected chi connectivity index (χ4v) is 2.69. The molecule has 0 saturated heterocycles. The first-order valence-corrected chi connectivity index (χ1v) is 6.52. The third kappa shape index (κ3) is 2.21. The summed E-state index contributed by atoms with van der Waals surface area (Å²) in [5, 5.41) is 2.58. The van der Waals surface area contributed by atoms with Crippen LogP contribution in [0.5, 0.6) is 0 Å². The molecule has 1 nitrogen and oxygen atoms in total.